The van der Waals surface area contributed by atoms with Crippen molar-refractivity contribution in [1.82, 2.24) is 25.3 Å². The third-order valence-corrected chi connectivity index (χ3v) is 4.46. The summed E-state index contributed by atoms with van der Waals surface area (Å²) in [5, 5.41) is 6.68. The smallest absolute Gasteiger partial charge is 0.325 e. The van der Waals surface area contributed by atoms with Crippen LogP contribution in [-0.2, 0) is 4.79 Å². The molecule has 2 saturated heterocycles. The molecule has 8 heteroatoms. The number of hydrogen-bond donors (Lipinski definition) is 1. The van der Waals surface area contributed by atoms with E-state index in [4.69, 9.17) is 4.52 Å². The second kappa shape index (κ2) is 5.05. The molecule has 0 bridgehead atoms. The highest BCUT2D eigenvalue weighted by Gasteiger charge is 2.56. The second-order valence-electron chi connectivity index (χ2n) is 6.36. The number of carbonyl (C=O) groups is 2. The van der Waals surface area contributed by atoms with E-state index in [2.05, 4.69) is 20.4 Å². The van der Waals surface area contributed by atoms with Gasteiger partial charge < -0.3 is 9.84 Å². The Bertz CT molecular complexity index is 613. The average Bonchev–Trinajstić information content (AvgIpc) is 3.10. The summed E-state index contributed by atoms with van der Waals surface area (Å²) in [6, 6.07) is -0.529. The average molecular weight is 307 g/mol. The molecular formula is C14H21N5O3. The number of imide groups is 1. The van der Waals surface area contributed by atoms with Crippen molar-refractivity contribution < 1.29 is 14.1 Å². The first-order chi connectivity index (χ1) is 10.3. The minimum atomic E-state index is -0.815. The number of hydrogen-bond acceptors (Lipinski definition) is 6. The van der Waals surface area contributed by atoms with Gasteiger partial charge in [0.15, 0.2) is 5.82 Å². The Hall–Kier alpha value is -1.96. The Morgan fingerprint density at radius 2 is 2.05 bits per heavy atom. The van der Waals surface area contributed by atoms with Crippen LogP contribution in [0.4, 0.5) is 4.79 Å². The van der Waals surface area contributed by atoms with Crippen molar-refractivity contribution in [3.05, 3.63) is 11.7 Å². The van der Waals surface area contributed by atoms with Gasteiger partial charge in [-0.05, 0) is 34.1 Å². The number of rotatable bonds is 3. The molecule has 3 rings (SSSR count). The van der Waals surface area contributed by atoms with Crippen LogP contribution >= 0.6 is 0 Å². The fourth-order valence-electron chi connectivity index (χ4n) is 3.20. The van der Waals surface area contributed by atoms with Crippen LogP contribution in [0.15, 0.2) is 4.52 Å². The number of nitrogens with one attached hydrogen (secondary N) is 1. The van der Waals surface area contributed by atoms with E-state index in [1.54, 1.807) is 6.92 Å². The molecule has 1 N–H and O–H groups in total. The maximum atomic E-state index is 12.7. The lowest BCUT2D eigenvalue weighted by molar-refractivity contribution is -0.132. The molecule has 0 aliphatic carbocycles. The molecule has 1 spiro atoms. The molecule has 3 amide bonds. The van der Waals surface area contributed by atoms with Gasteiger partial charge in [0.1, 0.15) is 5.54 Å². The van der Waals surface area contributed by atoms with E-state index < -0.39 is 5.54 Å². The zero-order valence-electron chi connectivity index (χ0n) is 13.3. The van der Waals surface area contributed by atoms with E-state index in [1.807, 2.05) is 20.8 Å². The number of likely N-dealkylation sites (tertiary alicyclic amines) is 1. The summed E-state index contributed by atoms with van der Waals surface area (Å²) >= 11 is 0. The summed E-state index contributed by atoms with van der Waals surface area (Å²) in [6.07, 6.45) is 0.595. The van der Waals surface area contributed by atoms with Crippen molar-refractivity contribution in [2.45, 2.75) is 51.7 Å². The van der Waals surface area contributed by atoms with Crippen molar-refractivity contribution in [3.63, 3.8) is 0 Å². The summed E-state index contributed by atoms with van der Waals surface area (Å²) in [5.41, 5.74) is -0.815. The van der Waals surface area contributed by atoms with Crippen LogP contribution < -0.4 is 5.32 Å². The quantitative estimate of drug-likeness (QED) is 0.832. The van der Waals surface area contributed by atoms with Crippen LogP contribution in [0, 0.1) is 6.92 Å². The molecule has 2 aliphatic heterocycles. The molecule has 0 unspecified atom stereocenters. The highest BCUT2D eigenvalue weighted by molar-refractivity contribution is 6.07. The molecule has 22 heavy (non-hydrogen) atoms. The summed E-state index contributed by atoms with van der Waals surface area (Å²) in [5.74, 6) is 0.989. The van der Waals surface area contributed by atoms with Gasteiger partial charge in [0.25, 0.3) is 5.91 Å². The van der Waals surface area contributed by atoms with Crippen molar-refractivity contribution in [3.8, 4) is 0 Å². The Balaban J connectivity index is 1.77. The predicted octanol–water partition coefficient (Wildman–Crippen LogP) is 0.844. The molecule has 0 aromatic carbocycles. The number of urea groups is 1. The summed E-state index contributed by atoms with van der Waals surface area (Å²) < 4.78 is 5.21. The van der Waals surface area contributed by atoms with Gasteiger partial charge in [0.05, 0.1) is 6.04 Å². The molecule has 2 atom stereocenters. The Kier molecular flexibility index (Phi) is 3.43. The van der Waals surface area contributed by atoms with E-state index in [0.717, 1.165) is 0 Å². The van der Waals surface area contributed by atoms with Gasteiger partial charge in [-0.15, -0.1) is 0 Å². The van der Waals surface area contributed by atoms with Gasteiger partial charge in [-0.1, -0.05) is 5.16 Å². The van der Waals surface area contributed by atoms with E-state index >= 15 is 0 Å². The van der Waals surface area contributed by atoms with Crippen LogP contribution in [-0.4, -0.2) is 56.5 Å². The van der Waals surface area contributed by atoms with Crippen molar-refractivity contribution >= 4 is 11.9 Å². The van der Waals surface area contributed by atoms with Crippen molar-refractivity contribution in [2.75, 3.05) is 13.1 Å². The third kappa shape index (κ3) is 2.18. The number of aryl methyl sites for hydroxylation is 1. The zero-order chi connectivity index (χ0) is 16.1. The largest absolute Gasteiger partial charge is 0.338 e. The minimum Gasteiger partial charge on any atom is -0.338 e. The van der Waals surface area contributed by atoms with E-state index in [1.165, 1.54) is 4.90 Å². The lowest BCUT2D eigenvalue weighted by atomic mass is 9.98. The maximum absolute atomic E-state index is 12.7. The second-order valence-corrected chi connectivity index (χ2v) is 6.36. The first-order valence-electron chi connectivity index (χ1n) is 7.54. The Labute approximate surface area is 128 Å². The molecule has 2 aliphatic rings. The lowest BCUT2D eigenvalue weighted by Gasteiger charge is -2.25. The highest BCUT2D eigenvalue weighted by atomic mass is 16.5. The number of amides is 3. The molecule has 8 nitrogen and oxygen atoms in total. The normalized spacial score (nSPS) is 27.2. The first-order valence-corrected chi connectivity index (χ1v) is 7.54. The molecule has 1 aromatic rings. The Morgan fingerprint density at radius 3 is 2.59 bits per heavy atom. The number of carbonyl (C=O) groups excluding carboxylic acids is 2. The molecule has 120 valence electrons. The molecular weight excluding hydrogens is 286 g/mol. The first kappa shape index (κ1) is 15.0. The zero-order valence-corrected chi connectivity index (χ0v) is 13.3. The summed E-state index contributed by atoms with van der Waals surface area (Å²) in [6.45, 7) is 8.57. The minimum absolute atomic E-state index is 0.0848. The van der Waals surface area contributed by atoms with Crippen LogP contribution in [0.25, 0.3) is 0 Å². The van der Waals surface area contributed by atoms with Crippen molar-refractivity contribution in [2.24, 2.45) is 0 Å². The maximum Gasteiger partial charge on any atom is 0.325 e. The van der Waals surface area contributed by atoms with Crippen molar-refractivity contribution in [1.29, 1.82) is 0 Å². The van der Waals surface area contributed by atoms with E-state index in [0.29, 0.717) is 31.2 Å². The third-order valence-electron chi connectivity index (χ3n) is 4.46. The summed E-state index contributed by atoms with van der Waals surface area (Å²) in [4.78, 5) is 32.4. The highest BCUT2D eigenvalue weighted by Crippen LogP contribution is 2.33. The van der Waals surface area contributed by atoms with E-state index in [9.17, 15) is 9.59 Å². The molecule has 0 radical (unpaired) electrons. The van der Waals surface area contributed by atoms with Crippen LogP contribution in [0.5, 0.6) is 0 Å². The van der Waals surface area contributed by atoms with Gasteiger partial charge >= 0.3 is 6.03 Å². The monoisotopic (exact) mass is 307 g/mol. The fraction of sp³-hybridized carbons (Fsp3) is 0.714. The standard InChI is InChI=1S/C14H21N5O3/c1-8(2)19-12(20)14(16-13(19)21)5-6-18(7-14)9(3)11-15-10(4)17-22-11/h8-9H,5-7H2,1-4H3,(H,16,21)/t9-,14+/m1/s1. The van der Waals surface area contributed by atoms with Gasteiger partial charge in [0, 0.05) is 19.1 Å². The topological polar surface area (TPSA) is 91.6 Å². The predicted molar refractivity (Wildman–Crippen MR) is 76.9 cm³/mol. The fourth-order valence-corrected chi connectivity index (χ4v) is 3.20. The lowest BCUT2D eigenvalue weighted by Crippen LogP contribution is -2.49. The van der Waals surface area contributed by atoms with E-state index in [-0.39, 0.29) is 24.0 Å². The molecule has 3 heterocycles. The van der Waals surface area contributed by atoms with Crippen LogP contribution in [0.3, 0.4) is 0 Å². The summed E-state index contributed by atoms with van der Waals surface area (Å²) in [7, 11) is 0. The molecule has 0 saturated carbocycles. The number of aromatic nitrogens is 2. The Morgan fingerprint density at radius 1 is 1.32 bits per heavy atom. The number of nitrogens with zero attached hydrogens (tertiary/aromatic N) is 4. The van der Waals surface area contributed by atoms with Gasteiger partial charge in [-0.3, -0.25) is 14.6 Å². The molecule has 2 fully saturated rings. The van der Waals surface area contributed by atoms with Crippen LogP contribution in [0.2, 0.25) is 0 Å². The van der Waals surface area contributed by atoms with Crippen LogP contribution in [0.1, 0.15) is 44.9 Å². The SMILES string of the molecule is Cc1noc([C@@H](C)N2CC[C@@]3(C2)NC(=O)N(C(C)C)C3=O)n1. The van der Waals surface area contributed by atoms with Gasteiger partial charge in [0.2, 0.25) is 5.89 Å². The molecule has 1 aromatic heterocycles. The van der Waals surface area contributed by atoms with Gasteiger partial charge in [-0.2, -0.15) is 4.98 Å². The van der Waals surface area contributed by atoms with Gasteiger partial charge in [-0.25, -0.2) is 4.79 Å².